The van der Waals surface area contributed by atoms with E-state index >= 15 is 0 Å². The summed E-state index contributed by atoms with van der Waals surface area (Å²) in [5.74, 6) is -0.751. The van der Waals surface area contributed by atoms with Crippen LogP contribution in [0.2, 0.25) is 0 Å². The first kappa shape index (κ1) is 23.5. The smallest absolute Gasteiger partial charge is 0.270 e. The van der Waals surface area contributed by atoms with E-state index in [4.69, 9.17) is 0 Å². The highest BCUT2D eigenvalue weighted by molar-refractivity contribution is 7.89. The van der Waals surface area contributed by atoms with Crippen LogP contribution in [0.15, 0.2) is 41.4 Å². The van der Waals surface area contributed by atoms with Crippen molar-refractivity contribution in [1.82, 2.24) is 14.2 Å². The molecule has 0 saturated carbocycles. The Hall–Kier alpha value is -2.65. The number of anilines is 1. The van der Waals surface area contributed by atoms with E-state index in [0.717, 1.165) is 36.9 Å². The lowest BCUT2D eigenvalue weighted by molar-refractivity contribution is -0.120. The SMILES string of the molecule is CCc1ccccc1NC(=O)C1CCCN(S(=O)(=O)c2c[nH]c(C(=O)N3CCCCC3)c2)C1. The molecule has 9 heteroatoms. The van der Waals surface area contributed by atoms with Crippen LogP contribution in [-0.2, 0) is 21.2 Å². The van der Waals surface area contributed by atoms with Crippen LogP contribution in [0.5, 0.6) is 0 Å². The van der Waals surface area contributed by atoms with Gasteiger partial charge in [-0.05, 0) is 56.2 Å². The standard InChI is InChI=1S/C24H32N4O4S/c1-2-18-9-4-5-11-21(18)26-23(29)19-10-8-14-28(17-19)33(31,32)20-15-22(25-16-20)24(30)27-12-6-3-7-13-27/h4-5,9,11,15-16,19,25H,2-3,6-8,10,12-14,17H2,1H3,(H,26,29). The number of sulfonamides is 1. The molecule has 0 aliphatic carbocycles. The topological polar surface area (TPSA) is 103 Å². The summed E-state index contributed by atoms with van der Waals surface area (Å²) in [5, 5.41) is 2.98. The number of likely N-dealkylation sites (tertiary alicyclic amines) is 1. The predicted octanol–water partition coefficient (Wildman–Crippen LogP) is 3.24. The Kier molecular flexibility index (Phi) is 7.19. The molecule has 1 atom stereocenters. The molecule has 2 amide bonds. The lowest BCUT2D eigenvalue weighted by atomic mass is 9.98. The Morgan fingerprint density at radius 2 is 1.85 bits per heavy atom. The first-order valence-electron chi connectivity index (χ1n) is 11.8. The normalized spacial score (nSPS) is 19.9. The van der Waals surface area contributed by atoms with Gasteiger partial charge in [-0.25, -0.2) is 8.42 Å². The molecule has 33 heavy (non-hydrogen) atoms. The van der Waals surface area contributed by atoms with Gasteiger partial charge in [0.15, 0.2) is 0 Å². The van der Waals surface area contributed by atoms with Crippen molar-refractivity contribution >= 4 is 27.5 Å². The number of hydrogen-bond acceptors (Lipinski definition) is 4. The molecule has 3 heterocycles. The number of aromatic amines is 1. The van der Waals surface area contributed by atoms with Crippen molar-refractivity contribution in [2.45, 2.75) is 50.3 Å². The second-order valence-electron chi connectivity index (χ2n) is 8.80. The molecule has 0 bridgehead atoms. The van der Waals surface area contributed by atoms with Gasteiger partial charge in [-0.15, -0.1) is 0 Å². The largest absolute Gasteiger partial charge is 0.356 e. The molecular formula is C24H32N4O4S. The van der Waals surface area contributed by atoms with Gasteiger partial charge >= 0.3 is 0 Å². The van der Waals surface area contributed by atoms with Crippen LogP contribution in [0, 0.1) is 5.92 Å². The molecule has 2 saturated heterocycles. The monoisotopic (exact) mass is 472 g/mol. The summed E-state index contributed by atoms with van der Waals surface area (Å²) in [6.07, 6.45) is 6.48. The van der Waals surface area contributed by atoms with Gasteiger partial charge in [-0.3, -0.25) is 9.59 Å². The van der Waals surface area contributed by atoms with Gasteiger partial charge in [-0.2, -0.15) is 4.31 Å². The summed E-state index contributed by atoms with van der Waals surface area (Å²) in [6.45, 7) is 3.91. The molecular weight excluding hydrogens is 440 g/mol. The van der Waals surface area contributed by atoms with Gasteiger partial charge in [0.1, 0.15) is 10.6 Å². The zero-order valence-corrected chi connectivity index (χ0v) is 19.9. The number of H-pyrrole nitrogens is 1. The minimum absolute atomic E-state index is 0.0697. The highest BCUT2D eigenvalue weighted by atomic mass is 32.2. The molecule has 0 spiro atoms. The van der Waals surface area contributed by atoms with E-state index in [1.54, 1.807) is 4.90 Å². The second kappa shape index (κ2) is 10.1. The number of benzene rings is 1. The van der Waals surface area contributed by atoms with Crippen LogP contribution in [0.25, 0.3) is 0 Å². The van der Waals surface area contributed by atoms with Crippen molar-refractivity contribution in [3.8, 4) is 0 Å². The van der Waals surface area contributed by atoms with Crippen LogP contribution < -0.4 is 5.32 Å². The van der Waals surface area contributed by atoms with Gasteiger partial charge < -0.3 is 15.2 Å². The lowest BCUT2D eigenvalue weighted by Gasteiger charge is -2.31. The van der Waals surface area contributed by atoms with Gasteiger partial charge in [-0.1, -0.05) is 25.1 Å². The fourth-order valence-electron chi connectivity index (χ4n) is 4.62. The Balaban J connectivity index is 1.44. The summed E-state index contributed by atoms with van der Waals surface area (Å²) in [6, 6.07) is 9.08. The number of rotatable bonds is 6. The fraction of sp³-hybridized carbons (Fsp3) is 0.500. The Morgan fingerprint density at radius 1 is 1.09 bits per heavy atom. The zero-order chi connectivity index (χ0) is 23.4. The first-order chi connectivity index (χ1) is 15.9. The van der Waals surface area contributed by atoms with E-state index in [1.807, 2.05) is 31.2 Å². The molecule has 2 aromatic rings. The molecule has 178 valence electrons. The van der Waals surface area contributed by atoms with Crippen molar-refractivity contribution in [1.29, 1.82) is 0 Å². The van der Waals surface area contributed by atoms with E-state index in [-0.39, 0.29) is 28.9 Å². The molecule has 1 aromatic carbocycles. The van der Waals surface area contributed by atoms with E-state index in [1.165, 1.54) is 16.6 Å². The number of hydrogen-bond donors (Lipinski definition) is 2. The molecule has 1 aromatic heterocycles. The van der Waals surface area contributed by atoms with Gasteiger partial charge in [0.25, 0.3) is 5.91 Å². The molecule has 2 aliphatic rings. The maximum atomic E-state index is 13.3. The third-order valence-electron chi connectivity index (χ3n) is 6.58. The fourth-order valence-corrected chi connectivity index (χ4v) is 6.14. The highest BCUT2D eigenvalue weighted by Gasteiger charge is 2.34. The van der Waals surface area contributed by atoms with Gasteiger partial charge in [0.05, 0.1) is 5.92 Å². The van der Waals surface area contributed by atoms with Crippen LogP contribution in [0.3, 0.4) is 0 Å². The van der Waals surface area contributed by atoms with E-state index in [0.29, 0.717) is 32.5 Å². The minimum Gasteiger partial charge on any atom is -0.356 e. The average molecular weight is 473 g/mol. The number of para-hydroxylation sites is 1. The van der Waals surface area contributed by atoms with Crippen LogP contribution in [-0.4, -0.2) is 60.6 Å². The Labute approximate surface area is 195 Å². The summed E-state index contributed by atoms with van der Waals surface area (Å²) >= 11 is 0. The third kappa shape index (κ3) is 5.14. The van der Waals surface area contributed by atoms with Crippen LogP contribution in [0.1, 0.15) is 55.1 Å². The average Bonchev–Trinajstić information content (AvgIpc) is 3.36. The Bertz CT molecular complexity index is 1110. The summed E-state index contributed by atoms with van der Waals surface area (Å²) in [7, 11) is -3.81. The van der Waals surface area contributed by atoms with Crippen molar-refractivity contribution in [3.63, 3.8) is 0 Å². The Morgan fingerprint density at radius 3 is 2.61 bits per heavy atom. The van der Waals surface area contributed by atoms with Crippen molar-refractivity contribution in [3.05, 3.63) is 47.8 Å². The summed E-state index contributed by atoms with van der Waals surface area (Å²) in [4.78, 5) is 30.3. The number of amides is 2. The first-order valence-corrected chi connectivity index (χ1v) is 13.2. The number of piperidine rings is 2. The molecule has 8 nitrogen and oxygen atoms in total. The predicted molar refractivity (Wildman–Crippen MR) is 126 cm³/mol. The van der Waals surface area contributed by atoms with E-state index < -0.39 is 15.9 Å². The van der Waals surface area contributed by atoms with Crippen molar-refractivity contribution in [2.75, 3.05) is 31.5 Å². The summed E-state index contributed by atoms with van der Waals surface area (Å²) in [5.41, 5.74) is 2.11. The highest BCUT2D eigenvalue weighted by Crippen LogP contribution is 2.26. The van der Waals surface area contributed by atoms with Crippen molar-refractivity contribution < 1.29 is 18.0 Å². The quantitative estimate of drug-likeness (QED) is 0.674. The van der Waals surface area contributed by atoms with E-state index in [9.17, 15) is 18.0 Å². The molecule has 4 rings (SSSR count). The van der Waals surface area contributed by atoms with E-state index in [2.05, 4.69) is 10.3 Å². The van der Waals surface area contributed by atoms with Crippen molar-refractivity contribution in [2.24, 2.45) is 5.92 Å². The van der Waals surface area contributed by atoms with Crippen LogP contribution >= 0.6 is 0 Å². The molecule has 2 aliphatic heterocycles. The summed E-state index contributed by atoms with van der Waals surface area (Å²) < 4.78 is 27.9. The number of aryl methyl sites for hydroxylation is 1. The maximum Gasteiger partial charge on any atom is 0.270 e. The van der Waals surface area contributed by atoms with Gasteiger partial charge in [0, 0.05) is 38.1 Å². The molecule has 2 N–H and O–H groups in total. The van der Waals surface area contributed by atoms with Gasteiger partial charge in [0.2, 0.25) is 15.9 Å². The number of aromatic nitrogens is 1. The number of nitrogens with one attached hydrogen (secondary N) is 2. The van der Waals surface area contributed by atoms with Crippen LogP contribution in [0.4, 0.5) is 5.69 Å². The number of nitrogens with zero attached hydrogens (tertiary/aromatic N) is 2. The molecule has 1 unspecified atom stereocenters. The lowest BCUT2D eigenvalue weighted by Crippen LogP contribution is -2.43. The molecule has 0 radical (unpaired) electrons. The molecule has 2 fully saturated rings. The number of carbonyl (C=O) groups is 2. The number of carbonyl (C=O) groups excluding carboxylic acids is 2. The maximum absolute atomic E-state index is 13.3. The third-order valence-corrected chi connectivity index (χ3v) is 8.42. The zero-order valence-electron chi connectivity index (χ0n) is 19.0. The second-order valence-corrected chi connectivity index (χ2v) is 10.7. The minimum atomic E-state index is -3.81.